The van der Waals surface area contributed by atoms with Crippen molar-refractivity contribution in [2.24, 2.45) is 0 Å². The summed E-state index contributed by atoms with van der Waals surface area (Å²) in [6, 6.07) is 58.4. The summed E-state index contributed by atoms with van der Waals surface area (Å²) in [5.41, 5.74) is 14.1. The molecule has 0 aliphatic carbocycles. The highest BCUT2D eigenvalue weighted by molar-refractivity contribution is 5.82. The maximum Gasteiger partial charge on any atom is 0.161 e. The molecule has 10 rings (SSSR count). The van der Waals surface area contributed by atoms with Crippen LogP contribution in [0.15, 0.2) is 164 Å². The van der Waals surface area contributed by atoms with Crippen LogP contribution in [0.5, 0.6) is 17.2 Å². The zero-order chi connectivity index (χ0) is 35.8. The van der Waals surface area contributed by atoms with E-state index in [1.54, 1.807) is 0 Å². The highest BCUT2D eigenvalue weighted by Crippen LogP contribution is 2.37. The fourth-order valence-electron chi connectivity index (χ4n) is 7.74. The summed E-state index contributed by atoms with van der Waals surface area (Å²) in [4.78, 5) is 6.82. The van der Waals surface area contributed by atoms with Crippen LogP contribution < -0.4 is 28.9 Å². The largest absolute Gasteiger partial charge is 0.473 e. The van der Waals surface area contributed by atoms with Gasteiger partial charge in [-0.15, -0.1) is 0 Å². The van der Waals surface area contributed by atoms with Crippen molar-refractivity contribution in [2.45, 2.75) is 19.6 Å². The van der Waals surface area contributed by atoms with E-state index >= 15 is 0 Å². The van der Waals surface area contributed by atoms with Crippen molar-refractivity contribution in [3.05, 3.63) is 180 Å². The van der Waals surface area contributed by atoms with Crippen LogP contribution in [0.2, 0.25) is 0 Å². The molecule has 3 aliphatic rings. The minimum atomic E-state index is 0.536. The molecule has 264 valence electrons. The van der Waals surface area contributed by atoms with Crippen LogP contribution in [-0.2, 0) is 19.6 Å². The highest BCUT2D eigenvalue weighted by atomic mass is 16.5. The third kappa shape index (κ3) is 6.26. The molecule has 0 unspecified atom stereocenters. The Morgan fingerprint density at radius 3 is 0.870 bits per heavy atom. The zero-order valence-corrected chi connectivity index (χ0v) is 29.9. The lowest BCUT2D eigenvalue weighted by atomic mass is 9.93. The Kier molecular flexibility index (Phi) is 8.13. The quantitative estimate of drug-likeness (QED) is 0.171. The van der Waals surface area contributed by atoms with Gasteiger partial charge < -0.3 is 28.9 Å². The minimum Gasteiger partial charge on any atom is -0.473 e. The lowest BCUT2D eigenvalue weighted by Crippen LogP contribution is -2.31. The van der Waals surface area contributed by atoms with Gasteiger partial charge in [-0.1, -0.05) is 91.0 Å². The highest BCUT2D eigenvalue weighted by Gasteiger charge is 2.20. The summed E-state index contributed by atoms with van der Waals surface area (Å²) < 4.78 is 18.2. The molecule has 0 aromatic heterocycles. The average molecular weight is 706 g/mol. The smallest absolute Gasteiger partial charge is 0.161 e. The van der Waals surface area contributed by atoms with E-state index in [9.17, 15) is 0 Å². The van der Waals surface area contributed by atoms with Crippen molar-refractivity contribution < 1.29 is 14.2 Å². The lowest BCUT2D eigenvalue weighted by molar-refractivity contribution is 0.289. The van der Waals surface area contributed by atoms with Crippen molar-refractivity contribution in [3.63, 3.8) is 0 Å². The number of hydrogen-bond acceptors (Lipinski definition) is 6. The number of fused-ring (bicyclic) bond motifs is 3. The summed E-state index contributed by atoms with van der Waals surface area (Å²) >= 11 is 0. The molecule has 0 saturated heterocycles. The van der Waals surface area contributed by atoms with Crippen LogP contribution in [0.1, 0.15) is 16.7 Å². The van der Waals surface area contributed by atoms with E-state index < -0.39 is 0 Å². The van der Waals surface area contributed by atoms with Gasteiger partial charge in [0.2, 0.25) is 0 Å². The fraction of sp³-hybridized carbons (Fsp3) is 0.125. The topological polar surface area (TPSA) is 37.4 Å². The van der Waals surface area contributed by atoms with Crippen molar-refractivity contribution in [1.29, 1.82) is 0 Å². The summed E-state index contributed by atoms with van der Waals surface area (Å²) in [5, 5.41) is 0. The van der Waals surface area contributed by atoms with Crippen LogP contribution in [0.25, 0.3) is 33.4 Å². The maximum atomic E-state index is 6.07. The summed E-state index contributed by atoms with van der Waals surface area (Å²) in [7, 11) is 0. The van der Waals surface area contributed by atoms with Crippen LogP contribution in [0, 0.1) is 0 Å². The molecule has 6 heteroatoms. The molecule has 7 aromatic rings. The van der Waals surface area contributed by atoms with Gasteiger partial charge in [0.15, 0.2) is 20.2 Å². The third-order valence-electron chi connectivity index (χ3n) is 10.8. The molecule has 0 bridgehead atoms. The standard InChI is InChI=1S/C48H39N3O3/c1-4-10-46-37(7-1)28-49(31-52-46)43-19-13-34(14-20-43)40-25-41(35-15-21-44(22-16-35)50-29-38-8-2-5-11-47(38)53-32-50)27-42(26-40)36-17-23-45(24-18-36)51-30-39-9-3-6-12-48(39)54-33-51/h1-27H,28-33H2. The van der Waals surface area contributed by atoms with E-state index in [2.05, 4.69) is 142 Å². The summed E-state index contributed by atoms with van der Waals surface area (Å²) in [6.07, 6.45) is 0. The average Bonchev–Trinajstić information content (AvgIpc) is 3.26. The van der Waals surface area contributed by atoms with Crippen LogP contribution in [0.3, 0.4) is 0 Å². The molecule has 0 N–H and O–H groups in total. The van der Waals surface area contributed by atoms with Gasteiger partial charge in [-0.25, -0.2) is 0 Å². The maximum absolute atomic E-state index is 6.07. The number of anilines is 3. The van der Waals surface area contributed by atoms with Crippen molar-refractivity contribution in [1.82, 2.24) is 0 Å². The third-order valence-corrected chi connectivity index (χ3v) is 10.8. The zero-order valence-electron chi connectivity index (χ0n) is 29.9. The number of benzene rings is 7. The predicted molar refractivity (Wildman–Crippen MR) is 217 cm³/mol. The first-order valence-electron chi connectivity index (χ1n) is 18.5. The van der Waals surface area contributed by atoms with Crippen LogP contribution >= 0.6 is 0 Å². The molecule has 0 spiro atoms. The number of para-hydroxylation sites is 3. The first kappa shape index (κ1) is 32.0. The molecular formula is C48H39N3O3. The second kappa shape index (κ2) is 13.7. The van der Waals surface area contributed by atoms with Crippen LogP contribution in [-0.4, -0.2) is 20.2 Å². The molecule has 0 fully saturated rings. The second-order valence-corrected chi connectivity index (χ2v) is 14.2. The molecule has 6 nitrogen and oxygen atoms in total. The molecule has 0 radical (unpaired) electrons. The van der Waals surface area contributed by atoms with Gasteiger partial charge in [0.05, 0.1) is 0 Å². The van der Waals surface area contributed by atoms with Crippen molar-refractivity contribution in [3.8, 4) is 50.6 Å². The lowest BCUT2D eigenvalue weighted by Gasteiger charge is -2.31. The normalized spacial score (nSPS) is 14.6. The number of rotatable bonds is 6. The Labute approximate surface area is 316 Å². The monoisotopic (exact) mass is 705 g/mol. The van der Waals surface area contributed by atoms with Crippen molar-refractivity contribution >= 4 is 17.1 Å². The second-order valence-electron chi connectivity index (χ2n) is 14.2. The van der Waals surface area contributed by atoms with E-state index in [1.165, 1.54) is 50.1 Å². The Balaban J connectivity index is 0.957. The molecular weight excluding hydrogens is 667 g/mol. The number of ether oxygens (including phenoxy) is 3. The van der Waals surface area contributed by atoms with Gasteiger partial charge in [-0.05, 0) is 106 Å². The first-order valence-corrected chi connectivity index (χ1v) is 18.5. The van der Waals surface area contributed by atoms with Gasteiger partial charge in [-0.2, -0.15) is 0 Å². The van der Waals surface area contributed by atoms with Gasteiger partial charge in [-0.3, -0.25) is 0 Å². The van der Waals surface area contributed by atoms with Crippen molar-refractivity contribution in [2.75, 3.05) is 34.9 Å². The van der Waals surface area contributed by atoms with Gasteiger partial charge in [0, 0.05) is 53.4 Å². The molecule has 7 aromatic carbocycles. The SMILES string of the molecule is c1ccc2c(c1)CN(c1ccc(-c3cc(-c4ccc(N5COc6ccccc6C5)cc4)cc(-c4ccc(N5COc6ccccc6C5)cc4)c3)cc1)CO2. The van der Waals surface area contributed by atoms with E-state index in [0.29, 0.717) is 20.2 Å². The first-order chi connectivity index (χ1) is 26.7. The van der Waals surface area contributed by atoms with Gasteiger partial charge >= 0.3 is 0 Å². The Morgan fingerprint density at radius 1 is 0.296 bits per heavy atom. The molecule has 3 aliphatic heterocycles. The molecule has 0 amide bonds. The molecule has 0 saturated carbocycles. The summed E-state index contributed by atoms with van der Waals surface area (Å²) in [6.45, 7) is 4.09. The van der Waals surface area contributed by atoms with Gasteiger partial charge in [0.25, 0.3) is 0 Å². The Hall–Kier alpha value is -6.66. The van der Waals surface area contributed by atoms with E-state index in [1.807, 2.05) is 36.4 Å². The molecule has 3 heterocycles. The predicted octanol–water partition coefficient (Wildman–Crippen LogP) is 10.8. The van der Waals surface area contributed by atoms with E-state index in [0.717, 1.165) is 53.9 Å². The molecule has 0 atom stereocenters. The Bertz CT molecular complexity index is 2160. The van der Waals surface area contributed by atoms with E-state index in [4.69, 9.17) is 14.2 Å². The molecule has 54 heavy (non-hydrogen) atoms. The van der Waals surface area contributed by atoms with Crippen LogP contribution in [0.4, 0.5) is 17.1 Å². The Morgan fingerprint density at radius 2 is 0.574 bits per heavy atom. The minimum absolute atomic E-state index is 0.536. The van der Waals surface area contributed by atoms with Gasteiger partial charge in [0.1, 0.15) is 17.2 Å². The number of nitrogens with zero attached hydrogens (tertiary/aromatic N) is 3. The fourth-order valence-corrected chi connectivity index (χ4v) is 7.74. The number of hydrogen-bond donors (Lipinski definition) is 0. The summed E-state index contributed by atoms with van der Waals surface area (Å²) in [5.74, 6) is 2.92. The van der Waals surface area contributed by atoms with E-state index in [-0.39, 0.29) is 0 Å².